The molecule has 1 aliphatic carbocycles. The molecule has 0 bridgehead atoms. The molecule has 0 spiro atoms. The molecule has 0 saturated heterocycles. The van der Waals surface area contributed by atoms with Crippen LogP contribution in [0.3, 0.4) is 0 Å². The lowest BCUT2D eigenvalue weighted by molar-refractivity contribution is 0.425. The van der Waals surface area contributed by atoms with Gasteiger partial charge in [0.1, 0.15) is 5.82 Å². The predicted molar refractivity (Wildman–Crippen MR) is 64.7 cm³/mol. The smallest absolute Gasteiger partial charge is 0.127 e. The van der Waals surface area contributed by atoms with Crippen molar-refractivity contribution in [1.82, 2.24) is 5.32 Å². The maximum atomic E-state index is 13.5. The van der Waals surface area contributed by atoms with Crippen LogP contribution in [0, 0.1) is 17.7 Å². The molecular weight excluding hydrogens is 201 g/mol. The molecule has 0 aromatic heterocycles. The molecule has 1 fully saturated rings. The largest absolute Gasteiger partial charge is 0.310 e. The van der Waals surface area contributed by atoms with Crippen molar-refractivity contribution in [2.75, 3.05) is 6.54 Å². The Hall–Kier alpha value is -0.890. The molecule has 0 heterocycles. The molecular formula is C14H20FN. The van der Waals surface area contributed by atoms with Gasteiger partial charge in [-0.05, 0) is 44.2 Å². The van der Waals surface area contributed by atoms with Gasteiger partial charge in [-0.25, -0.2) is 4.39 Å². The van der Waals surface area contributed by atoms with Crippen molar-refractivity contribution in [3.05, 3.63) is 35.6 Å². The lowest BCUT2D eigenvalue weighted by Crippen LogP contribution is -2.25. The third kappa shape index (κ3) is 2.82. The molecule has 16 heavy (non-hydrogen) atoms. The molecule has 0 aliphatic heterocycles. The molecule has 1 aliphatic rings. The second-order valence-electron chi connectivity index (χ2n) is 4.97. The summed E-state index contributed by atoms with van der Waals surface area (Å²) in [6.45, 7) is 5.29. The van der Waals surface area contributed by atoms with Gasteiger partial charge in [0.05, 0.1) is 0 Å². The first-order chi connectivity index (χ1) is 7.68. The second kappa shape index (κ2) is 4.96. The van der Waals surface area contributed by atoms with Crippen LogP contribution in [0.2, 0.25) is 0 Å². The summed E-state index contributed by atoms with van der Waals surface area (Å²) in [5, 5.41) is 3.42. The molecule has 1 N–H and O–H groups in total. The van der Waals surface area contributed by atoms with E-state index in [1.165, 1.54) is 18.9 Å². The lowest BCUT2D eigenvalue weighted by Gasteiger charge is -2.18. The SMILES string of the molecule is CC(NCC(C)C1CC1)c1ccccc1F. The van der Waals surface area contributed by atoms with Crippen molar-refractivity contribution in [3.8, 4) is 0 Å². The van der Waals surface area contributed by atoms with Crippen molar-refractivity contribution in [3.63, 3.8) is 0 Å². The fourth-order valence-corrected chi connectivity index (χ4v) is 2.13. The van der Waals surface area contributed by atoms with E-state index in [-0.39, 0.29) is 11.9 Å². The number of rotatable bonds is 5. The molecule has 2 unspecified atom stereocenters. The Bertz CT molecular complexity index is 346. The Morgan fingerprint density at radius 2 is 2.00 bits per heavy atom. The Morgan fingerprint density at radius 1 is 1.31 bits per heavy atom. The van der Waals surface area contributed by atoms with Gasteiger partial charge in [-0.1, -0.05) is 25.1 Å². The van der Waals surface area contributed by atoms with Gasteiger partial charge in [0.2, 0.25) is 0 Å². The molecule has 2 heteroatoms. The summed E-state index contributed by atoms with van der Waals surface area (Å²) in [6.07, 6.45) is 2.74. The molecule has 1 nitrogen and oxygen atoms in total. The van der Waals surface area contributed by atoms with Gasteiger partial charge in [-0.2, -0.15) is 0 Å². The summed E-state index contributed by atoms with van der Waals surface area (Å²) in [7, 11) is 0. The number of hydrogen-bond acceptors (Lipinski definition) is 1. The highest BCUT2D eigenvalue weighted by molar-refractivity contribution is 5.20. The van der Waals surface area contributed by atoms with Crippen LogP contribution >= 0.6 is 0 Å². The van der Waals surface area contributed by atoms with E-state index in [1.54, 1.807) is 6.07 Å². The van der Waals surface area contributed by atoms with Crippen LogP contribution in [0.1, 0.15) is 38.3 Å². The summed E-state index contributed by atoms with van der Waals surface area (Å²) in [6, 6.07) is 7.11. The lowest BCUT2D eigenvalue weighted by atomic mass is 10.0. The number of nitrogens with one attached hydrogen (secondary N) is 1. The average molecular weight is 221 g/mol. The van der Waals surface area contributed by atoms with E-state index in [0.717, 1.165) is 18.0 Å². The molecule has 0 radical (unpaired) electrons. The summed E-state index contributed by atoms with van der Waals surface area (Å²) in [5.41, 5.74) is 0.769. The second-order valence-corrected chi connectivity index (χ2v) is 4.97. The standard InChI is InChI=1S/C14H20FN/c1-10(12-7-8-12)9-16-11(2)13-5-3-4-6-14(13)15/h3-6,10-12,16H,7-9H2,1-2H3. The van der Waals surface area contributed by atoms with Crippen molar-refractivity contribution in [1.29, 1.82) is 0 Å². The van der Waals surface area contributed by atoms with Crippen molar-refractivity contribution in [2.45, 2.75) is 32.7 Å². The van der Waals surface area contributed by atoms with E-state index in [0.29, 0.717) is 5.92 Å². The topological polar surface area (TPSA) is 12.0 Å². The molecule has 2 atom stereocenters. The van der Waals surface area contributed by atoms with Gasteiger partial charge in [0.15, 0.2) is 0 Å². The first-order valence-electron chi connectivity index (χ1n) is 6.16. The van der Waals surface area contributed by atoms with E-state index in [2.05, 4.69) is 12.2 Å². The van der Waals surface area contributed by atoms with Gasteiger partial charge >= 0.3 is 0 Å². The van der Waals surface area contributed by atoms with E-state index < -0.39 is 0 Å². The van der Waals surface area contributed by atoms with Gasteiger partial charge in [0, 0.05) is 11.6 Å². The third-order valence-electron chi connectivity index (χ3n) is 3.54. The highest BCUT2D eigenvalue weighted by Gasteiger charge is 2.27. The van der Waals surface area contributed by atoms with Gasteiger partial charge < -0.3 is 5.32 Å². The first-order valence-corrected chi connectivity index (χ1v) is 6.16. The van der Waals surface area contributed by atoms with Crippen molar-refractivity contribution < 1.29 is 4.39 Å². The minimum absolute atomic E-state index is 0.0994. The summed E-state index contributed by atoms with van der Waals surface area (Å²) in [4.78, 5) is 0. The molecule has 0 amide bonds. The molecule has 1 saturated carbocycles. The fourth-order valence-electron chi connectivity index (χ4n) is 2.13. The summed E-state index contributed by atoms with van der Waals surface area (Å²) < 4.78 is 13.5. The minimum Gasteiger partial charge on any atom is -0.310 e. The van der Waals surface area contributed by atoms with Crippen LogP contribution in [0.25, 0.3) is 0 Å². The maximum absolute atomic E-state index is 13.5. The zero-order valence-corrected chi connectivity index (χ0v) is 10.0. The van der Waals surface area contributed by atoms with Crippen LogP contribution < -0.4 is 5.32 Å². The average Bonchev–Trinajstić information content (AvgIpc) is 3.10. The Kier molecular flexibility index (Phi) is 3.59. The summed E-state index contributed by atoms with van der Waals surface area (Å²) in [5.74, 6) is 1.51. The van der Waals surface area contributed by atoms with Crippen molar-refractivity contribution in [2.24, 2.45) is 11.8 Å². The van der Waals surface area contributed by atoms with Crippen LogP contribution in [0.15, 0.2) is 24.3 Å². The van der Waals surface area contributed by atoms with Crippen LogP contribution in [-0.4, -0.2) is 6.54 Å². The normalized spacial score (nSPS) is 19.4. The predicted octanol–water partition coefficient (Wildman–Crippen LogP) is 3.52. The van der Waals surface area contributed by atoms with Crippen LogP contribution in [0.5, 0.6) is 0 Å². The number of hydrogen-bond donors (Lipinski definition) is 1. The molecule has 1 aromatic carbocycles. The maximum Gasteiger partial charge on any atom is 0.127 e. The fraction of sp³-hybridized carbons (Fsp3) is 0.571. The highest BCUT2D eigenvalue weighted by atomic mass is 19.1. The summed E-state index contributed by atoms with van der Waals surface area (Å²) >= 11 is 0. The minimum atomic E-state index is -0.110. The van der Waals surface area contributed by atoms with E-state index >= 15 is 0 Å². The van der Waals surface area contributed by atoms with Crippen LogP contribution in [-0.2, 0) is 0 Å². The quantitative estimate of drug-likeness (QED) is 0.802. The highest BCUT2D eigenvalue weighted by Crippen LogP contribution is 2.36. The van der Waals surface area contributed by atoms with E-state index in [1.807, 2.05) is 19.1 Å². The molecule has 2 rings (SSSR count). The zero-order chi connectivity index (χ0) is 11.5. The zero-order valence-electron chi connectivity index (χ0n) is 10.0. The monoisotopic (exact) mass is 221 g/mol. The third-order valence-corrected chi connectivity index (χ3v) is 3.54. The molecule has 88 valence electrons. The Balaban J connectivity index is 1.87. The van der Waals surface area contributed by atoms with Gasteiger partial charge in [-0.15, -0.1) is 0 Å². The van der Waals surface area contributed by atoms with Gasteiger partial charge in [-0.3, -0.25) is 0 Å². The molecule has 1 aromatic rings. The van der Waals surface area contributed by atoms with Crippen molar-refractivity contribution >= 4 is 0 Å². The number of benzene rings is 1. The van der Waals surface area contributed by atoms with E-state index in [4.69, 9.17) is 0 Å². The number of halogens is 1. The first kappa shape index (κ1) is 11.6. The van der Waals surface area contributed by atoms with Crippen LogP contribution in [0.4, 0.5) is 4.39 Å². The Morgan fingerprint density at radius 3 is 2.62 bits per heavy atom. The Labute approximate surface area is 97.1 Å². The van der Waals surface area contributed by atoms with E-state index in [9.17, 15) is 4.39 Å². The van der Waals surface area contributed by atoms with Gasteiger partial charge in [0.25, 0.3) is 0 Å².